The van der Waals surface area contributed by atoms with Crippen LogP contribution in [0.2, 0.25) is 0 Å². The van der Waals surface area contributed by atoms with Crippen LogP contribution < -0.4 is 5.32 Å². The molecule has 3 atom stereocenters. The van der Waals surface area contributed by atoms with E-state index in [-0.39, 0.29) is 17.9 Å². The van der Waals surface area contributed by atoms with Crippen LogP contribution in [-0.4, -0.2) is 40.6 Å². The molecule has 1 aromatic carbocycles. The Labute approximate surface area is 158 Å². The van der Waals surface area contributed by atoms with Crippen LogP contribution in [-0.2, 0) is 15.7 Å². The van der Waals surface area contributed by atoms with Crippen LogP contribution in [0.5, 0.6) is 0 Å². The minimum Gasteiger partial charge on any atom is -0.450 e. The van der Waals surface area contributed by atoms with E-state index in [1.54, 1.807) is 0 Å². The summed E-state index contributed by atoms with van der Waals surface area (Å²) in [7, 11) is 0. The van der Waals surface area contributed by atoms with Crippen LogP contribution >= 0.6 is 0 Å². The summed E-state index contributed by atoms with van der Waals surface area (Å²) >= 11 is 0. The zero-order chi connectivity index (χ0) is 21.2. The zero-order valence-corrected chi connectivity index (χ0v) is 14.3. The van der Waals surface area contributed by atoms with Crippen molar-refractivity contribution in [3.05, 3.63) is 47.5 Å². The van der Waals surface area contributed by atoms with E-state index in [9.17, 15) is 35.5 Å². The molecule has 1 aliphatic carbocycles. The van der Waals surface area contributed by atoms with Crippen LogP contribution in [0.1, 0.15) is 17.2 Å². The third-order valence-corrected chi connectivity index (χ3v) is 5.18. The number of ether oxygens (including phenoxy) is 1. The molecule has 2 fully saturated rings. The number of carbonyl (C=O) groups excluding carboxylic acids is 1. The first kappa shape index (κ1) is 19.7. The van der Waals surface area contributed by atoms with Crippen molar-refractivity contribution in [3.63, 3.8) is 0 Å². The van der Waals surface area contributed by atoms with E-state index in [2.05, 4.69) is 10.4 Å². The van der Waals surface area contributed by atoms with Gasteiger partial charge in [-0.1, -0.05) is 0 Å². The van der Waals surface area contributed by atoms with Gasteiger partial charge in [-0.25, -0.2) is 13.9 Å². The van der Waals surface area contributed by atoms with Gasteiger partial charge in [0, 0.05) is 25.2 Å². The van der Waals surface area contributed by atoms with Gasteiger partial charge in [0.1, 0.15) is 11.4 Å². The van der Waals surface area contributed by atoms with Crippen molar-refractivity contribution >= 4 is 5.97 Å². The van der Waals surface area contributed by atoms with E-state index >= 15 is 0 Å². The van der Waals surface area contributed by atoms with Crippen LogP contribution in [0.25, 0.3) is 5.69 Å². The highest BCUT2D eigenvalue weighted by atomic mass is 19.4. The Kier molecular flexibility index (Phi) is 4.19. The molecule has 1 aromatic heterocycles. The highest BCUT2D eigenvalue weighted by Gasteiger charge is 2.73. The molecule has 1 saturated heterocycles. The lowest BCUT2D eigenvalue weighted by Gasteiger charge is -2.17. The van der Waals surface area contributed by atoms with Crippen LogP contribution in [0.4, 0.5) is 30.7 Å². The second-order valence-corrected chi connectivity index (χ2v) is 6.90. The molecule has 2 aromatic rings. The van der Waals surface area contributed by atoms with Gasteiger partial charge in [0.15, 0.2) is 0 Å². The number of aromatic nitrogens is 2. The van der Waals surface area contributed by atoms with Crippen molar-refractivity contribution in [2.24, 2.45) is 5.92 Å². The maximum absolute atomic E-state index is 13.5. The molecule has 4 rings (SSSR count). The van der Waals surface area contributed by atoms with Crippen molar-refractivity contribution in [1.82, 2.24) is 15.1 Å². The van der Waals surface area contributed by atoms with Gasteiger partial charge in [-0.15, -0.1) is 0 Å². The van der Waals surface area contributed by atoms with Crippen molar-refractivity contribution in [3.8, 4) is 5.69 Å². The molecule has 1 saturated carbocycles. The maximum Gasteiger partial charge on any atom is 0.490 e. The molecule has 0 bridgehead atoms. The first-order chi connectivity index (χ1) is 13.4. The van der Waals surface area contributed by atoms with E-state index in [1.807, 2.05) is 0 Å². The Hall–Kier alpha value is -2.63. The molecule has 0 spiro atoms. The lowest BCUT2D eigenvalue weighted by Crippen LogP contribution is -2.35. The normalized spacial score (nSPS) is 26.3. The topological polar surface area (TPSA) is 56.1 Å². The van der Waals surface area contributed by atoms with Gasteiger partial charge in [-0.3, -0.25) is 0 Å². The summed E-state index contributed by atoms with van der Waals surface area (Å²) in [6.45, 7) is 0.309. The Bertz CT molecular complexity index is 969. The molecule has 5 nitrogen and oxygen atoms in total. The molecule has 1 N–H and O–H groups in total. The number of benzene rings is 1. The Balaban J connectivity index is 1.60. The Morgan fingerprint density at radius 3 is 2.59 bits per heavy atom. The summed E-state index contributed by atoms with van der Waals surface area (Å²) in [6.07, 6.45) is -8.73. The number of esters is 1. The van der Waals surface area contributed by atoms with Gasteiger partial charge >= 0.3 is 18.3 Å². The Morgan fingerprint density at radius 2 is 1.93 bits per heavy atom. The van der Waals surface area contributed by atoms with Crippen LogP contribution in [0.15, 0.2) is 30.5 Å². The van der Waals surface area contributed by atoms with Gasteiger partial charge in [0.2, 0.25) is 0 Å². The number of hydrogen-bond donors (Lipinski definition) is 1. The van der Waals surface area contributed by atoms with E-state index in [0.717, 1.165) is 10.7 Å². The van der Waals surface area contributed by atoms with E-state index in [4.69, 9.17) is 4.74 Å². The molecular formula is C17H12F7N3O2. The van der Waals surface area contributed by atoms with Gasteiger partial charge in [0.05, 0.1) is 22.9 Å². The summed E-state index contributed by atoms with van der Waals surface area (Å²) in [6, 6.07) is 3.75. The van der Waals surface area contributed by atoms with Crippen molar-refractivity contribution in [2.75, 3.05) is 13.1 Å². The van der Waals surface area contributed by atoms with E-state index in [0.29, 0.717) is 18.7 Å². The van der Waals surface area contributed by atoms with Gasteiger partial charge in [-0.2, -0.15) is 31.4 Å². The number of alkyl halides is 6. The van der Waals surface area contributed by atoms with Gasteiger partial charge in [0.25, 0.3) is 0 Å². The summed E-state index contributed by atoms with van der Waals surface area (Å²) in [5.41, 5.74) is -2.67. The lowest BCUT2D eigenvalue weighted by molar-refractivity contribution is -0.207. The molecule has 0 radical (unpaired) electrons. The molecule has 0 unspecified atom stereocenters. The fraction of sp³-hybridized carbons (Fsp3) is 0.412. The highest BCUT2D eigenvalue weighted by molar-refractivity contribution is 5.77. The first-order valence-electron chi connectivity index (χ1n) is 8.37. The number of rotatable bonds is 3. The third-order valence-electron chi connectivity index (χ3n) is 5.18. The second kappa shape index (κ2) is 6.18. The largest absolute Gasteiger partial charge is 0.490 e. The molecule has 0 amide bonds. The zero-order valence-electron chi connectivity index (χ0n) is 14.3. The summed E-state index contributed by atoms with van der Waals surface area (Å²) < 4.78 is 95.6. The number of nitrogens with one attached hydrogen (secondary N) is 1. The SMILES string of the molecule is O=C(O[C@]12CNC[C@@H]1[C@@H]2c1ccn(-c2ccc(F)c(C(F)(F)F)c2)n1)C(F)(F)F. The number of carbonyl (C=O) groups is 1. The molecule has 29 heavy (non-hydrogen) atoms. The maximum atomic E-state index is 13.5. The third kappa shape index (κ3) is 3.24. The average molecular weight is 423 g/mol. The van der Waals surface area contributed by atoms with Gasteiger partial charge in [-0.05, 0) is 24.3 Å². The number of nitrogens with zero attached hydrogens (tertiary/aromatic N) is 2. The quantitative estimate of drug-likeness (QED) is 0.609. The smallest absolute Gasteiger partial charge is 0.450 e. The molecule has 2 heterocycles. The van der Waals surface area contributed by atoms with E-state index in [1.165, 1.54) is 12.3 Å². The van der Waals surface area contributed by atoms with Crippen LogP contribution in [0, 0.1) is 11.7 Å². The highest BCUT2D eigenvalue weighted by Crippen LogP contribution is 2.61. The molecule has 2 aliphatic rings. The summed E-state index contributed by atoms with van der Waals surface area (Å²) in [5.74, 6) is -4.80. The molecular weight excluding hydrogens is 411 g/mol. The average Bonchev–Trinajstić information content (AvgIpc) is 2.97. The molecule has 12 heteroatoms. The first-order valence-corrected chi connectivity index (χ1v) is 8.37. The van der Waals surface area contributed by atoms with Gasteiger partial charge < -0.3 is 10.1 Å². The molecule has 1 aliphatic heterocycles. The van der Waals surface area contributed by atoms with Crippen LogP contribution in [0.3, 0.4) is 0 Å². The standard InChI is InChI=1S/C17H12F7N3O2/c18-11-2-1-8(5-9(11)16(19,20)21)27-4-3-12(26-27)13-10-6-25-7-15(10,13)29-14(28)17(22,23)24/h1-5,10,13,25H,6-7H2/t10-,13-,15-/m1/s1. The summed E-state index contributed by atoms with van der Waals surface area (Å²) in [4.78, 5) is 11.3. The minimum absolute atomic E-state index is 0.00574. The monoisotopic (exact) mass is 423 g/mol. The predicted octanol–water partition coefficient (Wildman–Crippen LogP) is 3.19. The van der Waals surface area contributed by atoms with E-state index < -0.39 is 47.1 Å². The number of hydrogen-bond acceptors (Lipinski definition) is 4. The fourth-order valence-electron chi connectivity index (χ4n) is 3.83. The number of piperidine rings is 1. The lowest BCUT2D eigenvalue weighted by atomic mass is 10.2. The number of fused-ring (bicyclic) bond motifs is 1. The fourth-order valence-corrected chi connectivity index (χ4v) is 3.83. The molecule has 156 valence electrons. The number of halogens is 7. The van der Waals surface area contributed by atoms with Crippen molar-refractivity contribution < 1.29 is 40.3 Å². The van der Waals surface area contributed by atoms with Crippen molar-refractivity contribution in [1.29, 1.82) is 0 Å². The predicted molar refractivity (Wildman–Crippen MR) is 82.5 cm³/mol. The van der Waals surface area contributed by atoms with Crippen molar-refractivity contribution in [2.45, 2.75) is 23.9 Å². The minimum atomic E-state index is -5.14. The second-order valence-electron chi connectivity index (χ2n) is 6.90. The Morgan fingerprint density at radius 1 is 1.21 bits per heavy atom. The summed E-state index contributed by atoms with van der Waals surface area (Å²) in [5, 5.41) is 6.96.